The van der Waals surface area contributed by atoms with Crippen LogP contribution in [-0.4, -0.2) is 21.4 Å². The monoisotopic (exact) mass is 436 g/mol. The van der Waals surface area contributed by atoms with Crippen molar-refractivity contribution < 1.29 is 18.4 Å². The first kappa shape index (κ1) is 20.4. The molecule has 2 aromatic carbocycles. The number of carbonyl (C=O) groups excluding carboxylic acids is 2. The van der Waals surface area contributed by atoms with Gasteiger partial charge in [-0.25, -0.2) is 4.39 Å². The Hall–Kier alpha value is -3.85. The van der Waals surface area contributed by atoms with Gasteiger partial charge in [-0.2, -0.15) is 0 Å². The molecule has 7 nitrogen and oxygen atoms in total. The summed E-state index contributed by atoms with van der Waals surface area (Å²) < 4.78 is 22.4. The standard InChI is InChI=1S/C22H17FN4O3S/c23-16-10-8-15(9-11-16)13-24-21(28)20(19-7-4-12-30-19)27(17-5-2-1-3-6-17)22(29)18-14-31-26-25-18/h1-12,14,20H,13H2,(H,24,28)/t20-/m1/s1. The van der Waals surface area contributed by atoms with E-state index in [1.807, 2.05) is 6.07 Å². The molecule has 2 heterocycles. The molecule has 4 rings (SSSR count). The van der Waals surface area contributed by atoms with E-state index in [4.69, 9.17) is 4.42 Å². The van der Waals surface area contributed by atoms with Crippen LogP contribution < -0.4 is 10.2 Å². The number of para-hydroxylation sites is 1. The predicted molar refractivity (Wildman–Crippen MR) is 113 cm³/mol. The molecule has 0 bridgehead atoms. The van der Waals surface area contributed by atoms with Gasteiger partial charge in [0.15, 0.2) is 11.7 Å². The molecule has 0 aliphatic carbocycles. The van der Waals surface area contributed by atoms with Crippen molar-refractivity contribution in [1.82, 2.24) is 14.9 Å². The maximum Gasteiger partial charge on any atom is 0.280 e. The third-order valence-electron chi connectivity index (χ3n) is 4.53. The highest BCUT2D eigenvalue weighted by molar-refractivity contribution is 7.03. The van der Waals surface area contributed by atoms with E-state index in [9.17, 15) is 14.0 Å². The Balaban J connectivity index is 1.68. The number of amides is 2. The number of nitrogens with zero attached hydrogens (tertiary/aromatic N) is 3. The van der Waals surface area contributed by atoms with E-state index >= 15 is 0 Å². The van der Waals surface area contributed by atoms with Crippen molar-refractivity contribution in [3.05, 3.63) is 101 Å². The average Bonchev–Trinajstić information content (AvgIpc) is 3.51. The smallest absolute Gasteiger partial charge is 0.280 e. The van der Waals surface area contributed by atoms with Gasteiger partial charge in [0.05, 0.1) is 6.26 Å². The van der Waals surface area contributed by atoms with Crippen molar-refractivity contribution in [3.63, 3.8) is 0 Å². The topological polar surface area (TPSA) is 88.3 Å². The maximum absolute atomic E-state index is 13.3. The van der Waals surface area contributed by atoms with Gasteiger partial charge in [0.1, 0.15) is 11.6 Å². The number of halogens is 1. The molecule has 1 N–H and O–H groups in total. The molecule has 156 valence electrons. The molecule has 9 heteroatoms. The Kier molecular flexibility index (Phi) is 6.13. The van der Waals surface area contributed by atoms with Crippen molar-refractivity contribution >= 4 is 29.0 Å². The van der Waals surface area contributed by atoms with Crippen LogP contribution in [0, 0.1) is 5.82 Å². The van der Waals surface area contributed by atoms with E-state index in [2.05, 4.69) is 14.9 Å². The quantitative estimate of drug-likeness (QED) is 0.474. The van der Waals surface area contributed by atoms with Crippen molar-refractivity contribution in [2.24, 2.45) is 0 Å². The molecule has 0 aliphatic rings. The Bertz CT molecular complexity index is 1130. The minimum absolute atomic E-state index is 0.122. The van der Waals surface area contributed by atoms with Crippen LogP contribution in [0.25, 0.3) is 0 Å². The number of hydrogen-bond acceptors (Lipinski definition) is 6. The van der Waals surface area contributed by atoms with Gasteiger partial charge in [-0.3, -0.25) is 14.5 Å². The van der Waals surface area contributed by atoms with Crippen molar-refractivity contribution in [2.45, 2.75) is 12.6 Å². The summed E-state index contributed by atoms with van der Waals surface area (Å²) in [6.45, 7) is 0.158. The van der Waals surface area contributed by atoms with Crippen LogP contribution in [0.5, 0.6) is 0 Å². The molecule has 0 aliphatic heterocycles. The number of anilines is 1. The minimum Gasteiger partial charge on any atom is -0.467 e. The largest absolute Gasteiger partial charge is 0.467 e. The second-order valence-electron chi connectivity index (χ2n) is 6.56. The Morgan fingerprint density at radius 1 is 1.06 bits per heavy atom. The molecule has 0 radical (unpaired) electrons. The lowest BCUT2D eigenvalue weighted by molar-refractivity contribution is -0.123. The van der Waals surface area contributed by atoms with Crippen LogP contribution in [0.15, 0.2) is 82.8 Å². The van der Waals surface area contributed by atoms with Gasteiger partial charge < -0.3 is 9.73 Å². The van der Waals surface area contributed by atoms with Crippen molar-refractivity contribution in [3.8, 4) is 0 Å². The summed E-state index contributed by atoms with van der Waals surface area (Å²) >= 11 is 1.04. The van der Waals surface area contributed by atoms with Gasteiger partial charge >= 0.3 is 0 Å². The van der Waals surface area contributed by atoms with Crippen molar-refractivity contribution in [2.75, 3.05) is 4.90 Å². The molecular weight excluding hydrogens is 419 g/mol. The zero-order chi connectivity index (χ0) is 21.6. The minimum atomic E-state index is -1.09. The number of furan rings is 1. The second kappa shape index (κ2) is 9.31. The maximum atomic E-state index is 13.3. The van der Waals surface area contributed by atoms with Gasteiger partial charge in [-0.1, -0.05) is 34.8 Å². The first-order valence-corrected chi connectivity index (χ1v) is 10.2. The number of rotatable bonds is 7. The van der Waals surface area contributed by atoms with E-state index in [-0.39, 0.29) is 23.8 Å². The zero-order valence-electron chi connectivity index (χ0n) is 16.1. The molecule has 0 fully saturated rings. The number of aromatic nitrogens is 2. The lowest BCUT2D eigenvalue weighted by Crippen LogP contribution is -2.44. The molecule has 0 spiro atoms. The molecule has 1 atom stereocenters. The summed E-state index contributed by atoms with van der Waals surface area (Å²) in [7, 11) is 0. The number of hydrogen-bond donors (Lipinski definition) is 1. The highest BCUT2D eigenvalue weighted by Crippen LogP contribution is 2.30. The molecule has 2 amide bonds. The second-order valence-corrected chi connectivity index (χ2v) is 7.17. The van der Waals surface area contributed by atoms with Gasteiger partial charge in [0.25, 0.3) is 11.8 Å². The Labute approximate surface area is 181 Å². The predicted octanol–water partition coefficient (Wildman–Crippen LogP) is 3.97. The van der Waals surface area contributed by atoms with Crippen LogP contribution >= 0.6 is 11.5 Å². The molecule has 0 unspecified atom stereocenters. The molecule has 0 saturated carbocycles. The molecule has 31 heavy (non-hydrogen) atoms. The summed E-state index contributed by atoms with van der Waals surface area (Å²) in [5, 5.41) is 8.20. The fraction of sp³-hybridized carbons (Fsp3) is 0.0909. The van der Waals surface area contributed by atoms with Gasteiger partial charge in [0, 0.05) is 17.6 Å². The zero-order valence-corrected chi connectivity index (χ0v) is 17.0. The van der Waals surface area contributed by atoms with E-state index < -0.39 is 17.9 Å². The van der Waals surface area contributed by atoms with Gasteiger partial charge in [0.2, 0.25) is 0 Å². The van der Waals surface area contributed by atoms with Crippen LogP contribution in [-0.2, 0) is 11.3 Å². The molecular formula is C22H17FN4O3S. The molecule has 4 aromatic rings. The summed E-state index contributed by atoms with van der Waals surface area (Å²) in [5.74, 6) is -1.02. The summed E-state index contributed by atoms with van der Waals surface area (Å²) in [5.41, 5.74) is 1.34. The van der Waals surface area contributed by atoms with Crippen molar-refractivity contribution in [1.29, 1.82) is 0 Å². The SMILES string of the molecule is O=C(NCc1ccc(F)cc1)[C@@H](c1ccco1)N(C(=O)c1csnn1)c1ccccc1. The number of benzene rings is 2. The van der Waals surface area contributed by atoms with E-state index in [0.29, 0.717) is 11.3 Å². The summed E-state index contributed by atoms with van der Waals surface area (Å²) in [6, 6.07) is 16.8. The highest BCUT2D eigenvalue weighted by atomic mass is 32.1. The highest BCUT2D eigenvalue weighted by Gasteiger charge is 2.36. The van der Waals surface area contributed by atoms with Crippen LogP contribution in [0.1, 0.15) is 27.9 Å². The van der Waals surface area contributed by atoms with Gasteiger partial charge in [-0.15, -0.1) is 5.10 Å². The number of nitrogens with one attached hydrogen (secondary N) is 1. The average molecular weight is 436 g/mol. The summed E-state index contributed by atoms with van der Waals surface area (Å²) in [6.07, 6.45) is 1.44. The van der Waals surface area contributed by atoms with Gasteiger partial charge in [-0.05, 0) is 53.5 Å². The Morgan fingerprint density at radius 3 is 2.48 bits per heavy atom. The van der Waals surface area contributed by atoms with Crippen LogP contribution in [0.2, 0.25) is 0 Å². The van der Waals surface area contributed by atoms with E-state index in [1.165, 1.54) is 28.7 Å². The number of carbonyl (C=O) groups is 2. The van der Waals surface area contributed by atoms with E-state index in [0.717, 1.165) is 11.5 Å². The first-order valence-electron chi connectivity index (χ1n) is 9.34. The third kappa shape index (κ3) is 4.67. The summed E-state index contributed by atoms with van der Waals surface area (Å²) in [4.78, 5) is 28.0. The molecule has 2 aromatic heterocycles. The van der Waals surface area contributed by atoms with E-state index in [1.54, 1.807) is 48.5 Å². The lowest BCUT2D eigenvalue weighted by Gasteiger charge is -2.29. The van der Waals surface area contributed by atoms with Crippen LogP contribution in [0.4, 0.5) is 10.1 Å². The Morgan fingerprint density at radius 2 is 1.84 bits per heavy atom. The lowest BCUT2D eigenvalue weighted by atomic mass is 10.1. The van der Waals surface area contributed by atoms with Crippen LogP contribution in [0.3, 0.4) is 0 Å². The molecule has 0 saturated heterocycles. The normalized spacial score (nSPS) is 11.6. The first-order chi connectivity index (χ1) is 15.1. The fourth-order valence-corrected chi connectivity index (χ4v) is 3.49. The third-order valence-corrected chi connectivity index (χ3v) is 5.04. The fourth-order valence-electron chi connectivity index (χ4n) is 3.06.